The average Bonchev–Trinajstić information content (AvgIpc) is 3.36. The lowest BCUT2D eigenvalue weighted by Crippen LogP contribution is -2.25. The Bertz CT molecular complexity index is 746. The Morgan fingerprint density at radius 2 is 1.74 bits per heavy atom. The molecule has 0 radical (unpaired) electrons. The number of hydrogen-bond acceptors (Lipinski definition) is 2. The van der Waals surface area contributed by atoms with Crippen molar-refractivity contribution in [3.8, 4) is 0 Å². The number of benzene rings is 2. The molecule has 0 spiro atoms. The maximum Gasteiger partial charge on any atom is 0.224 e. The molecule has 23 heavy (non-hydrogen) atoms. The number of Topliss-reactive ketones (excluding diaryl/α,β-unsaturated/α-hetero) is 1. The van der Waals surface area contributed by atoms with Gasteiger partial charge in [0, 0.05) is 23.9 Å². The third kappa shape index (κ3) is 3.74. The summed E-state index contributed by atoms with van der Waals surface area (Å²) in [5.74, 6) is -0.639. The highest BCUT2D eigenvalue weighted by Crippen LogP contribution is 2.41. The topological polar surface area (TPSA) is 46.2 Å². The predicted molar refractivity (Wildman–Crippen MR) is 90.7 cm³/mol. The highest BCUT2D eigenvalue weighted by atomic mass is 35.5. The second-order valence-corrected chi connectivity index (χ2v) is 6.46. The lowest BCUT2D eigenvalue weighted by Gasteiger charge is -2.05. The highest BCUT2D eigenvalue weighted by Gasteiger charge is 2.47. The molecule has 118 valence electrons. The maximum absolute atomic E-state index is 12.4. The molecule has 1 amide bonds. The summed E-state index contributed by atoms with van der Waals surface area (Å²) in [5.41, 5.74) is 1.54. The van der Waals surface area contributed by atoms with Crippen LogP contribution in [0.15, 0.2) is 48.5 Å². The Kier molecular flexibility index (Phi) is 4.69. The van der Waals surface area contributed by atoms with Crippen LogP contribution >= 0.6 is 23.2 Å². The Morgan fingerprint density at radius 1 is 1.00 bits per heavy atom. The van der Waals surface area contributed by atoms with Crippen molar-refractivity contribution in [1.29, 1.82) is 0 Å². The molecule has 2 aromatic carbocycles. The largest absolute Gasteiger partial charge is 0.352 e. The Balaban J connectivity index is 1.57. The lowest BCUT2D eigenvalue weighted by molar-refractivity contribution is -0.122. The van der Waals surface area contributed by atoms with Gasteiger partial charge in [-0.3, -0.25) is 9.59 Å². The number of carbonyl (C=O) groups is 2. The second kappa shape index (κ2) is 6.73. The molecular formula is C18H15Cl2NO2. The van der Waals surface area contributed by atoms with Gasteiger partial charge in [-0.05, 0) is 30.2 Å². The summed E-state index contributed by atoms with van der Waals surface area (Å²) in [4.78, 5) is 24.5. The van der Waals surface area contributed by atoms with E-state index in [-0.39, 0.29) is 23.5 Å². The summed E-state index contributed by atoms with van der Waals surface area (Å²) in [6.45, 7) is 0.476. The lowest BCUT2D eigenvalue weighted by atomic mass is 10.1. The third-order valence-electron chi connectivity index (χ3n) is 3.98. The molecule has 1 aliphatic rings. The fraction of sp³-hybridized carbons (Fsp3) is 0.222. The zero-order valence-corrected chi connectivity index (χ0v) is 13.8. The summed E-state index contributed by atoms with van der Waals surface area (Å²) < 4.78 is 0. The summed E-state index contributed by atoms with van der Waals surface area (Å²) >= 11 is 11.8. The van der Waals surface area contributed by atoms with Crippen molar-refractivity contribution in [3.63, 3.8) is 0 Å². The number of nitrogens with one attached hydrogen (secondary N) is 1. The molecule has 2 aromatic rings. The molecule has 0 bridgehead atoms. The van der Waals surface area contributed by atoms with Crippen LogP contribution in [-0.2, 0) is 11.3 Å². The Labute approximate surface area is 144 Å². The molecule has 5 heteroatoms. The van der Waals surface area contributed by atoms with E-state index in [9.17, 15) is 9.59 Å². The van der Waals surface area contributed by atoms with E-state index in [0.717, 1.165) is 5.56 Å². The highest BCUT2D eigenvalue weighted by molar-refractivity contribution is 6.42. The van der Waals surface area contributed by atoms with Crippen LogP contribution in [0.25, 0.3) is 0 Å². The van der Waals surface area contributed by atoms with E-state index in [1.54, 1.807) is 18.2 Å². The SMILES string of the molecule is O=C(NCc1ccccc1)C1CC1C(=O)c1ccc(Cl)c(Cl)c1. The fourth-order valence-electron chi connectivity index (χ4n) is 2.55. The summed E-state index contributed by atoms with van der Waals surface area (Å²) in [6, 6.07) is 14.5. The molecule has 3 nitrogen and oxygen atoms in total. The zero-order chi connectivity index (χ0) is 16.4. The molecule has 0 saturated heterocycles. The molecule has 1 fully saturated rings. The van der Waals surface area contributed by atoms with Gasteiger partial charge in [-0.15, -0.1) is 0 Å². The number of carbonyl (C=O) groups excluding carboxylic acids is 2. The van der Waals surface area contributed by atoms with Crippen LogP contribution in [0.2, 0.25) is 10.0 Å². The first-order valence-corrected chi connectivity index (χ1v) is 8.13. The van der Waals surface area contributed by atoms with E-state index in [2.05, 4.69) is 5.32 Å². The standard InChI is InChI=1S/C18H15Cl2NO2/c19-15-7-6-12(8-16(15)20)17(22)13-9-14(13)18(23)21-10-11-4-2-1-3-5-11/h1-8,13-14H,9-10H2,(H,21,23). The van der Waals surface area contributed by atoms with Crippen LogP contribution in [0.3, 0.4) is 0 Å². The van der Waals surface area contributed by atoms with Gasteiger partial charge in [0.2, 0.25) is 5.91 Å². The normalized spacial score (nSPS) is 19.2. The van der Waals surface area contributed by atoms with E-state index in [1.807, 2.05) is 30.3 Å². The minimum absolute atomic E-state index is 0.0524. The minimum atomic E-state index is -0.261. The number of rotatable bonds is 5. The molecule has 2 atom stereocenters. The van der Waals surface area contributed by atoms with E-state index in [0.29, 0.717) is 28.6 Å². The summed E-state index contributed by atoms with van der Waals surface area (Å²) in [7, 11) is 0. The molecular weight excluding hydrogens is 333 g/mol. The molecule has 1 N–H and O–H groups in total. The van der Waals surface area contributed by atoms with Crippen molar-refractivity contribution in [1.82, 2.24) is 5.32 Å². The van der Waals surface area contributed by atoms with Crippen LogP contribution < -0.4 is 5.32 Å². The van der Waals surface area contributed by atoms with Crippen LogP contribution in [0.4, 0.5) is 0 Å². The van der Waals surface area contributed by atoms with Crippen molar-refractivity contribution < 1.29 is 9.59 Å². The van der Waals surface area contributed by atoms with Crippen LogP contribution in [0, 0.1) is 11.8 Å². The first-order chi connectivity index (χ1) is 11.1. The first kappa shape index (κ1) is 16.0. The van der Waals surface area contributed by atoms with Crippen molar-refractivity contribution in [3.05, 3.63) is 69.7 Å². The molecule has 1 saturated carbocycles. The quantitative estimate of drug-likeness (QED) is 0.826. The molecule has 3 rings (SSSR count). The number of amides is 1. The third-order valence-corrected chi connectivity index (χ3v) is 4.72. The molecule has 1 aliphatic carbocycles. The number of ketones is 1. The van der Waals surface area contributed by atoms with E-state index >= 15 is 0 Å². The van der Waals surface area contributed by atoms with Gasteiger partial charge < -0.3 is 5.32 Å². The Morgan fingerprint density at radius 3 is 2.43 bits per heavy atom. The Hall–Kier alpha value is -1.84. The van der Waals surface area contributed by atoms with E-state index in [4.69, 9.17) is 23.2 Å². The average molecular weight is 348 g/mol. The van der Waals surface area contributed by atoms with Gasteiger partial charge in [0.05, 0.1) is 10.0 Å². The molecule has 0 aliphatic heterocycles. The molecule has 2 unspecified atom stereocenters. The van der Waals surface area contributed by atoms with Crippen LogP contribution in [-0.4, -0.2) is 11.7 Å². The zero-order valence-electron chi connectivity index (χ0n) is 12.3. The van der Waals surface area contributed by atoms with Crippen molar-refractivity contribution in [2.24, 2.45) is 11.8 Å². The fourth-order valence-corrected chi connectivity index (χ4v) is 2.85. The van der Waals surface area contributed by atoms with Gasteiger partial charge in [-0.1, -0.05) is 53.5 Å². The van der Waals surface area contributed by atoms with Gasteiger partial charge in [0.15, 0.2) is 5.78 Å². The number of hydrogen-bond donors (Lipinski definition) is 1. The second-order valence-electron chi connectivity index (χ2n) is 5.65. The van der Waals surface area contributed by atoms with Crippen LogP contribution in [0.5, 0.6) is 0 Å². The van der Waals surface area contributed by atoms with Crippen molar-refractivity contribution in [2.75, 3.05) is 0 Å². The van der Waals surface area contributed by atoms with Gasteiger partial charge in [-0.25, -0.2) is 0 Å². The maximum atomic E-state index is 12.4. The van der Waals surface area contributed by atoms with Crippen LogP contribution in [0.1, 0.15) is 22.3 Å². The minimum Gasteiger partial charge on any atom is -0.352 e. The van der Waals surface area contributed by atoms with Gasteiger partial charge in [0.25, 0.3) is 0 Å². The van der Waals surface area contributed by atoms with Gasteiger partial charge >= 0.3 is 0 Å². The van der Waals surface area contributed by atoms with E-state index in [1.165, 1.54) is 0 Å². The summed E-state index contributed by atoms with van der Waals surface area (Å²) in [6.07, 6.45) is 0.583. The molecule has 0 aromatic heterocycles. The number of halogens is 2. The smallest absolute Gasteiger partial charge is 0.224 e. The first-order valence-electron chi connectivity index (χ1n) is 7.37. The monoisotopic (exact) mass is 347 g/mol. The summed E-state index contributed by atoms with van der Waals surface area (Å²) in [5, 5.41) is 3.64. The van der Waals surface area contributed by atoms with Crippen molar-refractivity contribution >= 4 is 34.9 Å². The van der Waals surface area contributed by atoms with E-state index < -0.39 is 0 Å². The van der Waals surface area contributed by atoms with Gasteiger partial charge in [-0.2, -0.15) is 0 Å². The molecule has 0 heterocycles. The predicted octanol–water partition coefficient (Wildman–Crippen LogP) is 4.13. The van der Waals surface area contributed by atoms with Gasteiger partial charge in [0.1, 0.15) is 0 Å². The van der Waals surface area contributed by atoms with Crippen molar-refractivity contribution in [2.45, 2.75) is 13.0 Å².